The molecule has 38 heavy (non-hydrogen) atoms. The molecule has 1 aliphatic heterocycles. The smallest absolute Gasteiger partial charge is 0.496 e. The first kappa shape index (κ1) is 31.0. The maximum absolute atomic E-state index is 13.1. The predicted molar refractivity (Wildman–Crippen MR) is 140 cm³/mol. The summed E-state index contributed by atoms with van der Waals surface area (Å²) in [6, 6.07) is 8.59. The van der Waals surface area contributed by atoms with Crippen molar-refractivity contribution in [2.45, 2.75) is 51.7 Å². The predicted octanol–water partition coefficient (Wildman–Crippen LogP) is 0.775. The molecular formula is C27H32LiN5O5-2. The maximum atomic E-state index is 13.1. The monoisotopic (exact) mass is 513 g/mol. The van der Waals surface area contributed by atoms with Gasteiger partial charge in [-0.2, -0.15) is 18.9 Å². The van der Waals surface area contributed by atoms with Gasteiger partial charge in [-0.15, -0.1) is 12.5 Å². The van der Waals surface area contributed by atoms with Gasteiger partial charge in [-0.3, -0.25) is 9.78 Å². The number of unbranched alkanes of at least 4 members (excludes halogenated alkanes) is 2. The van der Waals surface area contributed by atoms with Crippen molar-refractivity contribution in [1.29, 1.82) is 0 Å². The maximum Gasteiger partial charge on any atom is 1.00 e. The number of hydrogen-bond donors (Lipinski definition) is 2. The van der Waals surface area contributed by atoms with Crippen molar-refractivity contribution in [2.75, 3.05) is 25.6 Å². The molecule has 0 saturated carbocycles. The number of nitrogens with zero attached hydrogens (tertiary/aromatic N) is 4. The van der Waals surface area contributed by atoms with Crippen molar-refractivity contribution < 1.29 is 43.0 Å². The molecule has 0 aliphatic carbocycles. The van der Waals surface area contributed by atoms with Gasteiger partial charge in [0.25, 0.3) is 5.91 Å². The normalized spacial score (nSPS) is 13.2. The summed E-state index contributed by atoms with van der Waals surface area (Å²) in [5, 5.41) is 20.2. The molecule has 0 bridgehead atoms. The van der Waals surface area contributed by atoms with E-state index in [4.69, 9.17) is 9.47 Å². The van der Waals surface area contributed by atoms with Crippen LogP contribution in [0.2, 0.25) is 0 Å². The summed E-state index contributed by atoms with van der Waals surface area (Å²) >= 11 is 0. The number of nitrogens with one attached hydrogen (secondary N) is 1. The van der Waals surface area contributed by atoms with Crippen molar-refractivity contribution in [3.05, 3.63) is 59.6 Å². The van der Waals surface area contributed by atoms with Gasteiger partial charge in [0.15, 0.2) is 0 Å². The number of rotatable bonds is 10. The number of anilines is 1. The fourth-order valence-corrected chi connectivity index (χ4v) is 3.53. The number of amides is 2. The average Bonchev–Trinajstić information content (AvgIpc) is 2.88. The van der Waals surface area contributed by atoms with Crippen molar-refractivity contribution in [2.24, 2.45) is 10.2 Å². The summed E-state index contributed by atoms with van der Waals surface area (Å²) in [6.07, 6.45) is 7.91. The Labute approximate surface area is 235 Å². The molecule has 11 heteroatoms. The van der Waals surface area contributed by atoms with E-state index in [0.29, 0.717) is 42.2 Å². The number of fused-ring (bicyclic) bond motifs is 1. The molecule has 10 nitrogen and oxygen atoms in total. The van der Waals surface area contributed by atoms with E-state index in [-0.39, 0.29) is 32.0 Å². The van der Waals surface area contributed by atoms with Gasteiger partial charge in [0.05, 0.1) is 18.3 Å². The SMILES string of the molecule is [CH2-]CCC[C-]=NN=[C-]c1cccc(NC(=O)c2cc3c(cc2OC)CCN(C(=O)OCC(C)(C)O)C3)n1.[Li+]. The Morgan fingerprint density at radius 3 is 2.76 bits per heavy atom. The average molecular weight is 514 g/mol. The zero-order chi connectivity index (χ0) is 26.8. The molecule has 0 atom stereocenters. The molecule has 1 aliphatic rings. The molecule has 0 unspecified atom stereocenters. The summed E-state index contributed by atoms with van der Waals surface area (Å²) in [5.41, 5.74) is 1.39. The molecule has 1 aromatic heterocycles. The fraction of sp³-hybridized carbons (Fsp3) is 0.407. The number of aromatic nitrogens is 1. The van der Waals surface area contributed by atoms with Crippen LogP contribution >= 0.6 is 0 Å². The second-order valence-electron chi connectivity index (χ2n) is 9.15. The number of aliphatic hydroxyl groups is 1. The molecule has 0 radical (unpaired) electrons. The third-order valence-electron chi connectivity index (χ3n) is 5.40. The van der Waals surface area contributed by atoms with Gasteiger partial charge in [0.2, 0.25) is 0 Å². The molecule has 0 saturated heterocycles. The van der Waals surface area contributed by atoms with Gasteiger partial charge < -0.3 is 48.1 Å². The summed E-state index contributed by atoms with van der Waals surface area (Å²) in [6.45, 7) is 7.51. The topological polar surface area (TPSA) is 126 Å². The van der Waals surface area contributed by atoms with Crippen molar-refractivity contribution in [3.63, 3.8) is 0 Å². The second kappa shape index (κ2) is 14.7. The molecule has 2 N–H and O–H groups in total. The number of methoxy groups -OCH3 is 1. The zero-order valence-electron chi connectivity index (χ0n) is 22.4. The number of benzene rings is 1. The van der Waals surface area contributed by atoms with Gasteiger partial charge in [-0.1, -0.05) is 11.9 Å². The van der Waals surface area contributed by atoms with Crippen LogP contribution in [0.15, 0.2) is 40.5 Å². The number of pyridine rings is 1. The number of carbonyl (C=O) groups excluding carboxylic acids is 2. The first-order valence-electron chi connectivity index (χ1n) is 12.0. The van der Waals surface area contributed by atoms with Crippen LogP contribution in [0.3, 0.4) is 0 Å². The summed E-state index contributed by atoms with van der Waals surface area (Å²) in [7, 11) is 1.50. The van der Waals surface area contributed by atoms with Crippen LogP contribution in [0.5, 0.6) is 5.75 Å². The van der Waals surface area contributed by atoms with Gasteiger partial charge in [0, 0.05) is 13.1 Å². The Morgan fingerprint density at radius 1 is 1.26 bits per heavy atom. The summed E-state index contributed by atoms with van der Waals surface area (Å²) < 4.78 is 10.7. The molecule has 2 amide bonds. The Bertz CT molecular complexity index is 1160. The van der Waals surface area contributed by atoms with E-state index in [2.05, 4.69) is 39.9 Å². The summed E-state index contributed by atoms with van der Waals surface area (Å²) in [5.74, 6) is 0.319. The Balaban J connectivity index is 0.00000507. The molecule has 2 aromatic rings. The van der Waals surface area contributed by atoms with Crippen LogP contribution in [0.4, 0.5) is 10.6 Å². The van der Waals surface area contributed by atoms with Gasteiger partial charge in [0.1, 0.15) is 18.2 Å². The second-order valence-corrected chi connectivity index (χ2v) is 9.15. The molecule has 198 valence electrons. The standard InChI is InChI=1S/C27H32N5O5.Li/c1-5-6-7-12-28-29-16-21-9-8-10-24(30-21)31-25(33)22-14-20-17-32(26(34)37-18-27(2,3)35)13-11-19(20)15-23(22)36-4;/h8-10,14-15,35H,1,5-7,11,13,17-18H2,2-4H3,(H,30,31,33);/q-3;+1. The van der Waals surface area contributed by atoms with Crippen molar-refractivity contribution in [1.82, 2.24) is 9.88 Å². The van der Waals surface area contributed by atoms with Crippen LogP contribution in [0, 0.1) is 6.92 Å². The van der Waals surface area contributed by atoms with Crippen LogP contribution in [-0.2, 0) is 17.7 Å². The first-order chi connectivity index (χ1) is 17.7. The van der Waals surface area contributed by atoms with Crippen molar-refractivity contribution >= 4 is 30.2 Å². The Morgan fingerprint density at radius 2 is 2.05 bits per heavy atom. The van der Waals surface area contributed by atoms with E-state index >= 15 is 0 Å². The zero-order valence-corrected chi connectivity index (χ0v) is 22.4. The van der Waals surface area contributed by atoms with E-state index in [1.807, 2.05) is 6.07 Å². The molecule has 2 heterocycles. The minimum Gasteiger partial charge on any atom is -0.496 e. The third kappa shape index (κ3) is 9.28. The van der Waals surface area contributed by atoms with Crippen LogP contribution in [0.1, 0.15) is 60.3 Å². The fourth-order valence-electron chi connectivity index (χ4n) is 3.53. The quantitative estimate of drug-likeness (QED) is 0.159. The number of hydrogen-bond acceptors (Lipinski definition) is 8. The van der Waals surface area contributed by atoms with E-state index in [1.54, 1.807) is 43.0 Å². The third-order valence-corrected chi connectivity index (χ3v) is 5.40. The first-order valence-corrected chi connectivity index (χ1v) is 12.0. The number of carbonyl (C=O) groups is 2. The van der Waals surface area contributed by atoms with Crippen LogP contribution in [0.25, 0.3) is 0 Å². The number of ether oxygens (including phenoxy) is 2. The van der Waals surface area contributed by atoms with E-state index in [1.165, 1.54) is 7.11 Å². The van der Waals surface area contributed by atoms with Gasteiger partial charge in [-0.25, -0.2) is 4.79 Å². The molecular weight excluding hydrogens is 481 g/mol. The molecule has 3 rings (SSSR count). The Hall–Kier alpha value is -3.19. The minimum absolute atomic E-state index is 0. The van der Waals surface area contributed by atoms with Gasteiger partial charge >= 0.3 is 25.0 Å². The van der Waals surface area contributed by atoms with Crippen molar-refractivity contribution in [3.8, 4) is 5.75 Å². The van der Waals surface area contributed by atoms with E-state index < -0.39 is 17.6 Å². The summed E-state index contributed by atoms with van der Waals surface area (Å²) in [4.78, 5) is 31.5. The molecule has 0 spiro atoms. The molecule has 1 aromatic carbocycles. The van der Waals surface area contributed by atoms with Crippen LogP contribution in [-0.4, -0.2) is 65.3 Å². The largest absolute Gasteiger partial charge is 1.00 e. The van der Waals surface area contributed by atoms with Crippen LogP contribution < -0.4 is 28.9 Å². The molecule has 0 fully saturated rings. The van der Waals surface area contributed by atoms with E-state index in [9.17, 15) is 14.7 Å². The Kier molecular flexibility index (Phi) is 12.0. The minimum atomic E-state index is -1.12. The van der Waals surface area contributed by atoms with Gasteiger partial charge in [-0.05, 0) is 49.6 Å². The van der Waals surface area contributed by atoms with E-state index in [0.717, 1.165) is 24.0 Å².